The van der Waals surface area contributed by atoms with Crippen LogP contribution in [0.15, 0.2) is 12.4 Å². The monoisotopic (exact) mass is 278 g/mol. The molecular weight excluding hydrogens is 260 g/mol. The van der Waals surface area contributed by atoms with E-state index < -0.39 is 0 Å². The van der Waals surface area contributed by atoms with E-state index in [1.165, 1.54) is 12.4 Å². The van der Waals surface area contributed by atoms with Crippen LogP contribution in [0, 0.1) is 5.92 Å². The van der Waals surface area contributed by atoms with Crippen LogP contribution >= 0.6 is 0 Å². The molecule has 7 nitrogen and oxygen atoms in total. The number of nitrogens with zero attached hydrogens (tertiary/aromatic N) is 3. The molecule has 1 aromatic heterocycles. The second-order valence-electron chi connectivity index (χ2n) is 4.64. The highest BCUT2D eigenvalue weighted by molar-refractivity contribution is 5.92. The second kappa shape index (κ2) is 6.31. The fraction of sp³-hybridized carbons (Fsp3) is 0.538. The van der Waals surface area contributed by atoms with Gasteiger partial charge < -0.3 is 15.4 Å². The summed E-state index contributed by atoms with van der Waals surface area (Å²) in [5.41, 5.74) is 5.58. The van der Waals surface area contributed by atoms with Gasteiger partial charge in [-0.05, 0) is 19.8 Å². The van der Waals surface area contributed by atoms with Crippen molar-refractivity contribution in [3.8, 4) is 5.88 Å². The van der Waals surface area contributed by atoms with Crippen LogP contribution in [-0.2, 0) is 4.79 Å². The van der Waals surface area contributed by atoms with Crippen molar-refractivity contribution in [2.75, 3.05) is 19.7 Å². The van der Waals surface area contributed by atoms with Gasteiger partial charge in [-0.25, -0.2) is 9.97 Å². The Labute approximate surface area is 117 Å². The Morgan fingerprint density at radius 3 is 2.70 bits per heavy atom. The molecular formula is C13H18N4O3. The minimum Gasteiger partial charge on any atom is -0.478 e. The van der Waals surface area contributed by atoms with E-state index in [0.717, 1.165) is 0 Å². The summed E-state index contributed by atoms with van der Waals surface area (Å²) in [4.78, 5) is 33.0. The predicted octanol–water partition coefficient (Wildman–Crippen LogP) is 0.213. The molecule has 1 aromatic rings. The Balaban J connectivity index is 2.01. The van der Waals surface area contributed by atoms with Gasteiger partial charge in [0.05, 0.1) is 6.61 Å². The van der Waals surface area contributed by atoms with Gasteiger partial charge in [-0.3, -0.25) is 9.59 Å². The average molecular weight is 278 g/mol. The van der Waals surface area contributed by atoms with Crippen LogP contribution in [0.4, 0.5) is 0 Å². The number of aromatic nitrogens is 2. The van der Waals surface area contributed by atoms with Gasteiger partial charge in [0.25, 0.3) is 5.91 Å². The minimum absolute atomic E-state index is 0.136. The Morgan fingerprint density at radius 2 is 2.10 bits per heavy atom. The normalized spacial score (nSPS) is 15.9. The van der Waals surface area contributed by atoms with Crippen LogP contribution in [-0.4, -0.2) is 46.4 Å². The Kier molecular flexibility index (Phi) is 4.49. The van der Waals surface area contributed by atoms with Crippen molar-refractivity contribution in [3.63, 3.8) is 0 Å². The summed E-state index contributed by atoms with van der Waals surface area (Å²) < 4.78 is 5.25. The van der Waals surface area contributed by atoms with Crippen LogP contribution in [0.2, 0.25) is 0 Å². The lowest BCUT2D eigenvalue weighted by atomic mass is 9.96. The topological polar surface area (TPSA) is 98.4 Å². The Morgan fingerprint density at radius 1 is 1.40 bits per heavy atom. The van der Waals surface area contributed by atoms with Crippen LogP contribution < -0.4 is 10.5 Å². The number of hydrogen-bond donors (Lipinski definition) is 1. The molecule has 1 fully saturated rings. The molecule has 20 heavy (non-hydrogen) atoms. The summed E-state index contributed by atoms with van der Waals surface area (Å²) in [6, 6.07) is 1.53. The Hall–Kier alpha value is -2.18. The summed E-state index contributed by atoms with van der Waals surface area (Å²) in [6.45, 7) is 3.35. The van der Waals surface area contributed by atoms with E-state index >= 15 is 0 Å². The van der Waals surface area contributed by atoms with Crippen molar-refractivity contribution in [1.82, 2.24) is 14.9 Å². The van der Waals surface area contributed by atoms with Gasteiger partial charge in [0.15, 0.2) is 0 Å². The first-order valence-corrected chi connectivity index (χ1v) is 6.65. The number of nitrogens with two attached hydrogens (primary N) is 1. The van der Waals surface area contributed by atoms with Crippen LogP contribution in [0.1, 0.15) is 30.3 Å². The van der Waals surface area contributed by atoms with E-state index in [1.807, 2.05) is 6.92 Å². The van der Waals surface area contributed by atoms with Crippen molar-refractivity contribution in [1.29, 1.82) is 0 Å². The molecule has 2 N–H and O–H groups in total. The van der Waals surface area contributed by atoms with Gasteiger partial charge in [-0.1, -0.05) is 0 Å². The summed E-state index contributed by atoms with van der Waals surface area (Å²) in [7, 11) is 0. The maximum Gasteiger partial charge on any atom is 0.272 e. The minimum atomic E-state index is -0.294. The fourth-order valence-corrected chi connectivity index (χ4v) is 2.21. The maximum atomic E-state index is 12.3. The molecule has 0 saturated carbocycles. The third kappa shape index (κ3) is 3.23. The summed E-state index contributed by atoms with van der Waals surface area (Å²) in [6.07, 6.45) is 2.52. The van der Waals surface area contributed by atoms with Gasteiger partial charge in [-0.15, -0.1) is 0 Å². The van der Waals surface area contributed by atoms with Crippen LogP contribution in [0.3, 0.4) is 0 Å². The third-order valence-corrected chi connectivity index (χ3v) is 3.34. The zero-order chi connectivity index (χ0) is 14.5. The first kappa shape index (κ1) is 14.2. The molecule has 0 bridgehead atoms. The highest BCUT2D eigenvalue weighted by Gasteiger charge is 2.27. The van der Waals surface area contributed by atoms with Crippen molar-refractivity contribution >= 4 is 11.8 Å². The van der Waals surface area contributed by atoms with Crippen molar-refractivity contribution in [2.24, 2.45) is 11.7 Å². The average Bonchev–Trinajstić information content (AvgIpc) is 2.47. The van der Waals surface area contributed by atoms with Crippen molar-refractivity contribution in [3.05, 3.63) is 18.1 Å². The molecule has 0 spiro atoms. The molecule has 2 heterocycles. The molecule has 0 atom stereocenters. The molecule has 7 heteroatoms. The highest BCUT2D eigenvalue weighted by Crippen LogP contribution is 2.18. The van der Waals surface area contributed by atoms with Crippen molar-refractivity contribution < 1.29 is 14.3 Å². The first-order chi connectivity index (χ1) is 9.61. The number of rotatable bonds is 4. The lowest BCUT2D eigenvalue weighted by Gasteiger charge is -2.30. The van der Waals surface area contributed by atoms with Gasteiger partial charge in [-0.2, -0.15) is 0 Å². The van der Waals surface area contributed by atoms with E-state index in [2.05, 4.69) is 9.97 Å². The van der Waals surface area contributed by atoms with Crippen LogP contribution in [0.5, 0.6) is 5.88 Å². The number of carbonyl (C=O) groups excluding carboxylic acids is 2. The van der Waals surface area contributed by atoms with Gasteiger partial charge >= 0.3 is 0 Å². The number of hydrogen-bond acceptors (Lipinski definition) is 5. The number of piperidine rings is 1. The molecule has 0 unspecified atom stereocenters. The smallest absolute Gasteiger partial charge is 0.272 e. The van der Waals surface area contributed by atoms with Crippen LogP contribution in [0.25, 0.3) is 0 Å². The number of primary amides is 1. The number of likely N-dealkylation sites (tertiary alicyclic amines) is 1. The summed E-state index contributed by atoms with van der Waals surface area (Å²) in [5, 5.41) is 0. The van der Waals surface area contributed by atoms with E-state index in [4.69, 9.17) is 10.5 Å². The van der Waals surface area contributed by atoms with Gasteiger partial charge in [0.1, 0.15) is 12.0 Å². The molecule has 0 aliphatic carbocycles. The Bertz CT molecular complexity index is 498. The molecule has 108 valence electrons. The van der Waals surface area contributed by atoms with E-state index in [-0.39, 0.29) is 17.7 Å². The molecule has 2 rings (SSSR count). The molecule has 1 aliphatic rings. The summed E-state index contributed by atoms with van der Waals surface area (Å²) >= 11 is 0. The lowest BCUT2D eigenvalue weighted by Crippen LogP contribution is -2.42. The molecule has 1 saturated heterocycles. The largest absolute Gasteiger partial charge is 0.478 e. The number of carbonyl (C=O) groups is 2. The van der Waals surface area contributed by atoms with E-state index in [0.29, 0.717) is 44.1 Å². The zero-order valence-corrected chi connectivity index (χ0v) is 11.4. The molecule has 0 radical (unpaired) electrons. The van der Waals surface area contributed by atoms with Gasteiger partial charge in [0, 0.05) is 25.1 Å². The van der Waals surface area contributed by atoms with Gasteiger partial charge in [0.2, 0.25) is 11.8 Å². The highest BCUT2D eigenvalue weighted by atomic mass is 16.5. The van der Waals surface area contributed by atoms with E-state index in [9.17, 15) is 9.59 Å². The number of ether oxygens (including phenoxy) is 1. The molecule has 0 aromatic carbocycles. The SMILES string of the molecule is CCOc1cc(C(=O)N2CCC(C(N)=O)CC2)ncn1. The maximum absolute atomic E-state index is 12.3. The first-order valence-electron chi connectivity index (χ1n) is 6.65. The number of amides is 2. The second-order valence-corrected chi connectivity index (χ2v) is 4.64. The zero-order valence-electron chi connectivity index (χ0n) is 11.4. The lowest BCUT2D eigenvalue weighted by molar-refractivity contribution is -0.123. The standard InChI is InChI=1S/C13H18N4O3/c1-2-20-11-7-10(15-8-16-11)13(19)17-5-3-9(4-6-17)12(14)18/h7-9H,2-6H2,1H3,(H2,14,18). The third-order valence-electron chi connectivity index (χ3n) is 3.34. The fourth-order valence-electron chi connectivity index (χ4n) is 2.21. The quantitative estimate of drug-likeness (QED) is 0.849. The molecule has 2 amide bonds. The summed E-state index contributed by atoms with van der Waals surface area (Å²) in [5.74, 6) is -0.213. The van der Waals surface area contributed by atoms with E-state index in [1.54, 1.807) is 4.90 Å². The van der Waals surface area contributed by atoms with Crippen molar-refractivity contribution in [2.45, 2.75) is 19.8 Å². The molecule has 1 aliphatic heterocycles. The predicted molar refractivity (Wildman–Crippen MR) is 71.0 cm³/mol.